The van der Waals surface area contributed by atoms with Gasteiger partial charge in [0.15, 0.2) is 0 Å². The third kappa shape index (κ3) is 33.1. The molecule has 0 aromatic rings. The molecule has 8 heteroatoms. The Morgan fingerprint density at radius 3 is 1.50 bits per heavy atom. The van der Waals surface area contributed by atoms with Gasteiger partial charge in [0.1, 0.15) is 0 Å². The third-order valence-electron chi connectivity index (χ3n) is 0.505. The first-order chi connectivity index (χ1) is 4.97. The van der Waals surface area contributed by atoms with E-state index in [9.17, 15) is 8.42 Å². The number of aliphatic hydroxyl groups is 1. The minimum Gasteiger partial charge on any atom is -0.395 e. The first kappa shape index (κ1) is 17.7. The maximum atomic E-state index is 9.71. The van der Waals surface area contributed by atoms with Crippen LogP contribution in [-0.4, -0.2) is 43.5 Å². The molecule has 0 saturated heterocycles. The Morgan fingerprint density at radius 2 is 1.50 bits per heavy atom. The Hall–Kier alpha value is -0.250. The van der Waals surface area contributed by atoms with E-state index in [0.29, 0.717) is 6.54 Å². The molecule has 9 N–H and O–H groups in total. The molecule has 0 unspecified atom stereocenters. The van der Waals surface area contributed by atoms with Gasteiger partial charge in [-0.3, -0.25) is 4.55 Å². The minimum atomic E-state index is -3.80. The van der Waals surface area contributed by atoms with Crippen LogP contribution in [0.1, 0.15) is 0 Å². The van der Waals surface area contributed by atoms with Gasteiger partial charge in [-0.05, 0) is 0 Å². The monoisotopic (exact) mass is 203 g/mol. The molecule has 0 heterocycles. The second kappa shape index (κ2) is 10.8. The Kier molecular flexibility index (Phi) is 15.9. The second-order valence-electron chi connectivity index (χ2n) is 1.59. The Balaban J connectivity index is -0.000000142. The number of nitrogens with two attached hydrogens (primary N) is 2. The van der Waals surface area contributed by atoms with Crippen LogP contribution in [-0.2, 0) is 10.1 Å². The molecule has 0 fully saturated rings. The predicted molar refractivity (Wildman–Crippen MR) is 46.6 cm³/mol. The van der Waals surface area contributed by atoms with Crippen molar-refractivity contribution in [3.8, 4) is 0 Å². The molecular weight excluding hydrogens is 186 g/mol. The van der Waals surface area contributed by atoms with E-state index in [2.05, 4.69) is 0 Å². The van der Waals surface area contributed by atoms with Crippen LogP contribution in [0.15, 0.2) is 0 Å². The first-order valence-corrected chi connectivity index (χ1v) is 4.55. The SMILES string of the molecule is N.NCCO.NCCS(=O)(=O)O. The Labute approximate surface area is 72.1 Å². The van der Waals surface area contributed by atoms with Gasteiger partial charge in [-0.1, -0.05) is 0 Å². The highest BCUT2D eigenvalue weighted by molar-refractivity contribution is 7.85. The van der Waals surface area contributed by atoms with E-state index >= 15 is 0 Å². The summed E-state index contributed by atoms with van der Waals surface area (Å²) in [5.74, 6) is -0.354. The van der Waals surface area contributed by atoms with Crippen molar-refractivity contribution in [2.45, 2.75) is 0 Å². The lowest BCUT2D eigenvalue weighted by Gasteiger charge is -1.86. The fourth-order valence-electron chi connectivity index (χ4n) is 0.149. The normalized spacial score (nSPS) is 9.33. The lowest BCUT2D eigenvalue weighted by Crippen LogP contribution is -2.13. The summed E-state index contributed by atoms with van der Waals surface area (Å²) in [6.07, 6.45) is 0. The summed E-state index contributed by atoms with van der Waals surface area (Å²) in [6, 6.07) is 0. The van der Waals surface area contributed by atoms with Gasteiger partial charge < -0.3 is 22.7 Å². The Bertz CT molecular complexity index is 156. The Morgan fingerprint density at radius 1 is 1.17 bits per heavy atom. The van der Waals surface area contributed by atoms with Crippen molar-refractivity contribution in [2.24, 2.45) is 11.5 Å². The van der Waals surface area contributed by atoms with Gasteiger partial charge in [0.2, 0.25) is 0 Å². The number of hydrogen-bond acceptors (Lipinski definition) is 6. The van der Waals surface area contributed by atoms with Gasteiger partial charge in [0.05, 0.1) is 12.4 Å². The molecule has 0 aromatic heterocycles. The molecule has 0 spiro atoms. The summed E-state index contributed by atoms with van der Waals surface area (Å²) < 4.78 is 27.3. The molecule has 0 amide bonds. The van der Waals surface area contributed by atoms with Crippen LogP contribution in [0.3, 0.4) is 0 Å². The fraction of sp³-hybridized carbons (Fsp3) is 1.00. The van der Waals surface area contributed by atoms with Crippen LogP contribution < -0.4 is 17.6 Å². The molecule has 0 aliphatic carbocycles. The van der Waals surface area contributed by atoms with Crippen LogP contribution in [0.25, 0.3) is 0 Å². The second-order valence-corrected chi connectivity index (χ2v) is 3.16. The zero-order chi connectivity index (χ0) is 9.33. The van der Waals surface area contributed by atoms with Gasteiger partial charge in [0, 0.05) is 13.1 Å². The van der Waals surface area contributed by atoms with E-state index in [-0.39, 0.29) is 25.1 Å². The van der Waals surface area contributed by atoms with Crippen LogP contribution in [0.2, 0.25) is 0 Å². The summed E-state index contributed by atoms with van der Waals surface area (Å²) in [6.45, 7) is 0.443. The van der Waals surface area contributed by atoms with Gasteiger partial charge in [-0.15, -0.1) is 0 Å². The first-order valence-electron chi connectivity index (χ1n) is 2.94. The summed E-state index contributed by atoms with van der Waals surface area (Å²) >= 11 is 0. The zero-order valence-corrected chi connectivity index (χ0v) is 7.63. The molecule has 0 saturated carbocycles. The van der Waals surface area contributed by atoms with E-state index < -0.39 is 10.1 Å². The standard InChI is InChI=1S/C2H7NO3S.C2H7NO.H3N/c3-1-2-7(4,5)6;3-1-2-4;/h1-3H2,(H,4,5,6);4H,1-3H2;1H3. The summed E-state index contributed by atoms with van der Waals surface area (Å²) in [5, 5.41) is 7.75. The van der Waals surface area contributed by atoms with E-state index in [0.717, 1.165) is 0 Å². The third-order valence-corrected chi connectivity index (χ3v) is 1.26. The maximum Gasteiger partial charge on any atom is 0.266 e. The van der Waals surface area contributed by atoms with Crippen molar-refractivity contribution < 1.29 is 18.1 Å². The van der Waals surface area contributed by atoms with Crippen molar-refractivity contribution in [2.75, 3.05) is 25.4 Å². The largest absolute Gasteiger partial charge is 0.395 e. The molecule has 0 aliphatic heterocycles. The van der Waals surface area contributed by atoms with E-state index in [1.165, 1.54) is 0 Å². The highest BCUT2D eigenvalue weighted by atomic mass is 32.2. The molecular formula is C4H17N3O4S. The highest BCUT2D eigenvalue weighted by Crippen LogP contribution is 1.74. The predicted octanol–water partition coefficient (Wildman–Crippen LogP) is -2.07. The van der Waals surface area contributed by atoms with Gasteiger partial charge in [-0.25, -0.2) is 0 Å². The van der Waals surface area contributed by atoms with Crippen molar-refractivity contribution in [3.63, 3.8) is 0 Å². The summed E-state index contributed by atoms with van der Waals surface area (Å²) in [5.41, 5.74) is 9.55. The zero-order valence-electron chi connectivity index (χ0n) is 6.81. The van der Waals surface area contributed by atoms with E-state index in [1.54, 1.807) is 0 Å². The van der Waals surface area contributed by atoms with Crippen molar-refractivity contribution in [1.29, 1.82) is 0 Å². The van der Waals surface area contributed by atoms with Gasteiger partial charge in [-0.2, -0.15) is 8.42 Å². The quantitative estimate of drug-likeness (QED) is 0.329. The average Bonchev–Trinajstić information content (AvgIpc) is 1.86. The molecule has 12 heavy (non-hydrogen) atoms. The van der Waals surface area contributed by atoms with Crippen molar-refractivity contribution in [3.05, 3.63) is 0 Å². The number of hydrogen-bond donors (Lipinski definition) is 5. The van der Waals surface area contributed by atoms with E-state index in [1.807, 2.05) is 0 Å². The number of rotatable bonds is 3. The molecule has 78 valence electrons. The lowest BCUT2D eigenvalue weighted by molar-refractivity contribution is 0.306. The van der Waals surface area contributed by atoms with Crippen molar-refractivity contribution >= 4 is 10.1 Å². The van der Waals surface area contributed by atoms with Crippen LogP contribution in [0.4, 0.5) is 0 Å². The number of aliphatic hydroxyl groups excluding tert-OH is 1. The molecule has 0 aromatic carbocycles. The van der Waals surface area contributed by atoms with Gasteiger partial charge in [0.25, 0.3) is 10.1 Å². The lowest BCUT2D eigenvalue weighted by atomic mass is 10.8. The summed E-state index contributed by atoms with van der Waals surface area (Å²) in [7, 11) is -3.80. The topological polar surface area (TPSA) is 162 Å². The smallest absolute Gasteiger partial charge is 0.266 e. The molecule has 7 nitrogen and oxygen atoms in total. The summed E-state index contributed by atoms with van der Waals surface area (Å²) in [4.78, 5) is 0. The molecule has 0 radical (unpaired) electrons. The molecule has 0 bridgehead atoms. The maximum absolute atomic E-state index is 9.71. The van der Waals surface area contributed by atoms with Crippen LogP contribution in [0.5, 0.6) is 0 Å². The average molecular weight is 203 g/mol. The molecule has 0 atom stereocenters. The molecule has 0 rings (SSSR count). The van der Waals surface area contributed by atoms with E-state index in [4.69, 9.17) is 21.1 Å². The van der Waals surface area contributed by atoms with Gasteiger partial charge >= 0.3 is 0 Å². The highest BCUT2D eigenvalue weighted by Gasteiger charge is 1.98. The fourth-order valence-corrected chi connectivity index (χ4v) is 0.447. The van der Waals surface area contributed by atoms with Crippen LogP contribution in [0, 0.1) is 0 Å². The molecule has 0 aliphatic rings. The van der Waals surface area contributed by atoms with Crippen LogP contribution >= 0.6 is 0 Å². The minimum absolute atomic E-state index is 0. The van der Waals surface area contributed by atoms with Crippen molar-refractivity contribution in [1.82, 2.24) is 6.15 Å².